The van der Waals surface area contributed by atoms with Crippen LogP contribution in [0.2, 0.25) is 0 Å². The molecule has 1 saturated heterocycles. The summed E-state index contributed by atoms with van der Waals surface area (Å²) in [5.74, 6) is 1.68. The number of nitrogens with zero attached hydrogens (tertiary/aromatic N) is 3. The third-order valence-electron chi connectivity index (χ3n) is 6.19. The SMILES string of the molecule is COc1ccccc1C(=O)N[C@H]1CC[C@H](N2CCN(c3ccccn3)CC2)CC1. The zero-order chi connectivity index (χ0) is 20.1. The normalized spacial score (nSPS) is 22.9. The van der Waals surface area contributed by atoms with Crippen molar-refractivity contribution in [2.75, 3.05) is 38.2 Å². The summed E-state index contributed by atoms with van der Waals surface area (Å²) in [6.07, 6.45) is 6.21. The highest BCUT2D eigenvalue weighted by Gasteiger charge is 2.29. The summed E-state index contributed by atoms with van der Waals surface area (Å²) < 4.78 is 5.32. The van der Waals surface area contributed by atoms with Gasteiger partial charge in [0.2, 0.25) is 0 Å². The maximum absolute atomic E-state index is 12.6. The summed E-state index contributed by atoms with van der Waals surface area (Å²) in [6.45, 7) is 4.22. The number of hydrogen-bond donors (Lipinski definition) is 1. The molecule has 0 radical (unpaired) electrons. The van der Waals surface area contributed by atoms with E-state index in [9.17, 15) is 4.79 Å². The quantitative estimate of drug-likeness (QED) is 0.845. The molecule has 0 spiro atoms. The average molecular weight is 395 g/mol. The van der Waals surface area contributed by atoms with E-state index in [2.05, 4.69) is 32.2 Å². The number of carbonyl (C=O) groups excluding carboxylic acids is 1. The molecule has 2 aliphatic rings. The number of hydrogen-bond acceptors (Lipinski definition) is 5. The van der Waals surface area contributed by atoms with Crippen molar-refractivity contribution in [2.45, 2.75) is 37.8 Å². The number of nitrogens with one attached hydrogen (secondary N) is 1. The van der Waals surface area contributed by atoms with E-state index in [0.717, 1.165) is 57.7 Å². The topological polar surface area (TPSA) is 57.7 Å². The summed E-state index contributed by atoms with van der Waals surface area (Å²) in [5.41, 5.74) is 0.614. The second-order valence-corrected chi connectivity index (χ2v) is 7.89. The van der Waals surface area contributed by atoms with Crippen LogP contribution in [0.5, 0.6) is 5.75 Å². The van der Waals surface area contributed by atoms with Crippen LogP contribution in [0.15, 0.2) is 48.7 Å². The van der Waals surface area contributed by atoms with Gasteiger partial charge in [-0.05, 0) is 49.9 Å². The number of para-hydroxylation sites is 1. The third-order valence-corrected chi connectivity index (χ3v) is 6.19. The van der Waals surface area contributed by atoms with Crippen molar-refractivity contribution in [1.29, 1.82) is 0 Å². The van der Waals surface area contributed by atoms with Gasteiger partial charge in [0.1, 0.15) is 11.6 Å². The Morgan fingerprint density at radius 1 is 1.00 bits per heavy atom. The second kappa shape index (κ2) is 9.27. The van der Waals surface area contributed by atoms with E-state index in [-0.39, 0.29) is 11.9 Å². The van der Waals surface area contributed by atoms with Crippen LogP contribution in [-0.4, -0.2) is 61.2 Å². The fourth-order valence-electron chi connectivity index (χ4n) is 4.54. The highest BCUT2D eigenvalue weighted by Crippen LogP contribution is 2.26. The predicted octanol–water partition coefficient (Wildman–Crippen LogP) is 2.95. The first-order valence-electron chi connectivity index (χ1n) is 10.6. The Labute approximate surface area is 172 Å². The minimum atomic E-state index is -0.0325. The molecule has 4 rings (SSSR count). The molecule has 0 bridgehead atoms. The van der Waals surface area contributed by atoms with E-state index in [4.69, 9.17) is 4.74 Å². The van der Waals surface area contributed by atoms with Crippen LogP contribution < -0.4 is 15.0 Å². The van der Waals surface area contributed by atoms with E-state index < -0.39 is 0 Å². The first-order chi connectivity index (χ1) is 14.2. The molecule has 2 heterocycles. The lowest BCUT2D eigenvalue weighted by atomic mass is 9.89. The Morgan fingerprint density at radius 3 is 2.41 bits per heavy atom. The Hall–Kier alpha value is -2.60. The molecule has 1 aliphatic heterocycles. The molecule has 6 heteroatoms. The fourth-order valence-corrected chi connectivity index (χ4v) is 4.54. The van der Waals surface area contributed by atoms with Gasteiger partial charge in [0.15, 0.2) is 0 Å². The van der Waals surface area contributed by atoms with E-state index in [1.807, 2.05) is 36.5 Å². The van der Waals surface area contributed by atoms with Gasteiger partial charge in [-0.25, -0.2) is 4.98 Å². The molecule has 1 aliphatic carbocycles. The van der Waals surface area contributed by atoms with Gasteiger partial charge in [-0.1, -0.05) is 18.2 Å². The average Bonchev–Trinajstić information content (AvgIpc) is 2.80. The zero-order valence-electron chi connectivity index (χ0n) is 17.1. The molecule has 29 heavy (non-hydrogen) atoms. The van der Waals surface area contributed by atoms with Crippen LogP contribution in [0.1, 0.15) is 36.0 Å². The van der Waals surface area contributed by atoms with Gasteiger partial charge in [-0.15, -0.1) is 0 Å². The Balaban J connectivity index is 1.24. The predicted molar refractivity (Wildman–Crippen MR) is 115 cm³/mol. The Bertz CT molecular complexity index is 798. The molecule has 1 aromatic carbocycles. The molecule has 154 valence electrons. The Kier molecular flexibility index (Phi) is 6.30. The molecule has 0 unspecified atom stereocenters. The third kappa shape index (κ3) is 4.70. The van der Waals surface area contributed by atoms with Crippen molar-refractivity contribution in [1.82, 2.24) is 15.2 Å². The lowest BCUT2D eigenvalue weighted by Gasteiger charge is -2.42. The van der Waals surface area contributed by atoms with E-state index >= 15 is 0 Å². The van der Waals surface area contributed by atoms with Crippen molar-refractivity contribution in [3.05, 3.63) is 54.2 Å². The number of benzene rings is 1. The van der Waals surface area contributed by atoms with Crippen molar-refractivity contribution in [3.8, 4) is 5.75 Å². The highest BCUT2D eigenvalue weighted by molar-refractivity contribution is 5.97. The number of amides is 1. The zero-order valence-corrected chi connectivity index (χ0v) is 17.1. The van der Waals surface area contributed by atoms with Crippen LogP contribution >= 0.6 is 0 Å². The summed E-state index contributed by atoms with van der Waals surface area (Å²) in [6, 6.07) is 14.4. The van der Waals surface area contributed by atoms with Gasteiger partial charge < -0.3 is 15.0 Å². The van der Waals surface area contributed by atoms with E-state index in [0.29, 0.717) is 17.4 Å². The van der Waals surface area contributed by atoms with Crippen molar-refractivity contribution in [3.63, 3.8) is 0 Å². The summed E-state index contributed by atoms with van der Waals surface area (Å²) >= 11 is 0. The summed E-state index contributed by atoms with van der Waals surface area (Å²) in [4.78, 5) is 22.1. The maximum Gasteiger partial charge on any atom is 0.255 e. The monoisotopic (exact) mass is 394 g/mol. The second-order valence-electron chi connectivity index (χ2n) is 7.89. The molecule has 1 N–H and O–H groups in total. The molecule has 2 aromatic rings. The van der Waals surface area contributed by atoms with Gasteiger partial charge in [-0.2, -0.15) is 0 Å². The largest absolute Gasteiger partial charge is 0.496 e. The fraction of sp³-hybridized carbons (Fsp3) is 0.478. The number of methoxy groups -OCH3 is 1. The van der Waals surface area contributed by atoms with Gasteiger partial charge in [0, 0.05) is 44.5 Å². The molecule has 0 atom stereocenters. The Morgan fingerprint density at radius 2 is 1.72 bits per heavy atom. The molecule has 1 saturated carbocycles. The van der Waals surface area contributed by atoms with Crippen molar-refractivity contribution in [2.24, 2.45) is 0 Å². The lowest BCUT2D eigenvalue weighted by molar-refractivity contribution is 0.0896. The first kappa shape index (κ1) is 19.7. The van der Waals surface area contributed by atoms with E-state index in [1.54, 1.807) is 7.11 Å². The molecular formula is C23H30N4O2. The number of rotatable bonds is 5. The van der Waals surface area contributed by atoms with Crippen LogP contribution in [0.25, 0.3) is 0 Å². The standard InChI is InChI=1S/C23H30N4O2/c1-29-21-7-3-2-6-20(21)23(28)25-18-9-11-19(12-10-18)26-14-16-27(17-15-26)22-8-4-5-13-24-22/h2-8,13,18-19H,9-12,14-17H2,1H3,(H,25,28)/t18-,19-. The molecule has 6 nitrogen and oxygen atoms in total. The maximum atomic E-state index is 12.6. The number of piperazine rings is 1. The minimum Gasteiger partial charge on any atom is -0.496 e. The number of aromatic nitrogens is 1. The first-order valence-corrected chi connectivity index (χ1v) is 10.6. The van der Waals surface area contributed by atoms with Crippen molar-refractivity contribution >= 4 is 11.7 Å². The van der Waals surface area contributed by atoms with Gasteiger partial charge in [0.25, 0.3) is 5.91 Å². The highest BCUT2D eigenvalue weighted by atomic mass is 16.5. The van der Waals surface area contributed by atoms with E-state index in [1.165, 1.54) is 0 Å². The number of carbonyl (C=O) groups is 1. The van der Waals surface area contributed by atoms with Gasteiger partial charge in [-0.3, -0.25) is 9.69 Å². The number of ether oxygens (including phenoxy) is 1. The van der Waals surface area contributed by atoms with Crippen LogP contribution in [-0.2, 0) is 0 Å². The van der Waals surface area contributed by atoms with Gasteiger partial charge in [0.05, 0.1) is 12.7 Å². The minimum absolute atomic E-state index is 0.0325. The number of pyridine rings is 1. The molecular weight excluding hydrogens is 364 g/mol. The van der Waals surface area contributed by atoms with Crippen molar-refractivity contribution < 1.29 is 9.53 Å². The van der Waals surface area contributed by atoms with Crippen LogP contribution in [0, 0.1) is 0 Å². The van der Waals surface area contributed by atoms with Gasteiger partial charge >= 0.3 is 0 Å². The van der Waals surface area contributed by atoms with Crippen LogP contribution in [0.3, 0.4) is 0 Å². The molecule has 1 aromatic heterocycles. The lowest BCUT2D eigenvalue weighted by Crippen LogP contribution is -2.52. The smallest absolute Gasteiger partial charge is 0.255 e. The molecule has 1 amide bonds. The van der Waals surface area contributed by atoms with Crippen LogP contribution in [0.4, 0.5) is 5.82 Å². The summed E-state index contributed by atoms with van der Waals surface area (Å²) in [7, 11) is 1.60. The number of anilines is 1. The molecule has 2 fully saturated rings. The summed E-state index contributed by atoms with van der Waals surface area (Å²) in [5, 5.41) is 3.21.